The van der Waals surface area contributed by atoms with Gasteiger partial charge in [-0.3, -0.25) is 9.78 Å². The lowest BCUT2D eigenvalue weighted by Gasteiger charge is -2.17. The molecule has 0 atom stereocenters. The van der Waals surface area contributed by atoms with Crippen molar-refractivity contribution in [3.8, 4) is 0 Å². The maximum absolute atomic E-state index is 12.6. The zero-order valence-corrected chi connectivity index (χ0v) is 16.3. The van der Waals surface area contributed by atoms with E-state index in [2.05, 4.69) is 22.5 Å². The minimum atomic E-state index is -0.0860. The molecule has 3 rings (SSSR count). The highest BCUT2D eigenvalue weighted by atomic mass is 16.2. The molecule has 5 nitrogen and oxygen atoms in total. The monoisotopic (exact) mass is 364 g/mol. The smallest absolute Gasteiger partial charge is 0.272 e. The van der Waals surface area contributed by atoms with Crippen molar-refractivity contribution in [3.05, 3.63) is 60.2 Å². The molecule has 0 aliphatic carbocycles. The molecule has 0 unspecified atom stereocenters. The summed E-state index contributed by atoms with van der Waals surface area (Å²) in [6.45, 7) is 3.64. The van der Waals surface area contributed by atoms with Crippen LogP contribution in [0.5, 0.6) is 0 Å². The summed E-state index contributed by atoms with van der Waals surface area (Å²) >= 11 is 0. The van der Waals surface area contributed by atoms with E-state index in [4.69, 9.17) is 4.98 Å². The molecule has 2 heterocycles. The van der Waals surface area contributed by atoms with Crippen molar-refractivity contribution in [2.24, 2.45) is 0 Å². The van der Waals surface area contributed by atoms with Gasteiger partial charge in [0.1, 0.15) is 11.5 Å². The Morgan fingerprint density at radius 2 is 1.81 bits per heavy atom. The fraction of sp³-hybridized carbons (Fsp3) is 0.409. The van der Waals surface area contributed by atoms with E-state index in [1.165, 1.54) is 25.7 Å². The molecule has 142 valence electrons. The van der Waals surface area contributed by atoms with Crippen LogP contribution in [0.4, 0.5) is 0 Å². The van der Waals surface area contributed by atoms with E-state index >= 15 is 0 Å². The lowest BCUT2D eigenvalue weighted by Crippen LogP contribution is -2.28. The van der Waals surface area contributed by atoms with Gasteiger partial charge in [0, 0.05) is 19.8 Å². The standard InChI is InChI=1S/C22H28N4O/c1-3-4-5-6-11-16-26-20-14-8-7-12-18(20)24-21(26)17-25(2)22(27)19-13-9-10-15-23-19/h7-10,12-15H,3-6,11,16-17H2,1-2H3. The summed E-state index contributed by atoms with van der Waals surface area (Å²) in [6, 6.07) is 13.6. The number of rotatable bonds is 9. The molecule has 0 aliphatic rings. The van der Waals surface area contributed by atoms with Crippen LogP contribution in [-0.4, -0.2) is 32.4 Å². The van der Waals surface area contributed by atoms with E-state index in [1.807, 2.05) is 37.4 Å². The number of hydrogen-bond donors (Lipinski definition) is 0. The first-order chi connectivity index (χ1) is 13.2. The second kappa shape index (κ2) is 9.31. The summed E-state index contributed by atoms with van der Waals surface area (Å²) in [6.07, 6.45) is 7.81. The Balaban J connectivity index is 1.76. The Kier molecular flexibility index (Phi) is 6.58. The average molecular weight is 364 g/mol. The van der Waals surface area contributed by atoms with E-state index in [-0.39, 0.29) is 5.91 Å². The third-order valence-corrected chi connectivity index (χ3v) is 4.83. The molecule has 1 aromatic carbocycles. The molecule has 27 heavy (non-hydrogen) atoms. The number of para-hydroxylation sites is 2. The van der Waals surface area contributed by atoms with Gasteiger partial charge in [0.15, 0.2) is 0 Å². The van der Waals surface area contributed by atoms with E-state index in [0.29, 0.717) is 12.2 Å². The van der Waals surface area contributed by atoms with Gasteiger partial charge < -0.3 is 9.47 Å². The second-order valence-corrected chi connectivity index (χ2v) is 6.96. The summed E-state index contributed by atoms with van der Waals surface area (Å²) in [5.41, 5.74) is 2.59. The predicted octanol–water partition coefficient (Wildman–Crippen LogP) is 4.67. The molecule has 0 fully saturated rings. The molecule has 0 spiro atoms. The number of carbonyl (C=O) groups is 1. The van der Waals surface area contributed by atoms with Crippen LogP contribution in [0.2, 0.25) is 0 Å². The van der Waals surface area contributed by atoms with Crippen LogP contribution in [0, 0.1) is 0 Å². The van der Waals surface area contributed by atoms with Crippen LogP contribution in [0.1, 0.15) is 55.3 Å². The van der Waals surface area contributed by atoms with Crippen LogP contribution >= 0.6 is 0 Å². The van der Waals surface area contributed by atoms with Gasteiger partial charge in [-0.25, -0.2) is 4.98 Å². The first-order valence-corrected chi connectivity index (χ1v) is 9.81. The highest BCUT2D eigenvalue weighted by Crippen LogP contribution is 2.19. The minimum absolute atomic E-state index is 0.0860. The van der Waals surface area contributed by atoms with Crippen LogP contribution in [0.3, 0.4) is 0 Å². The molecular formula is C22H28N4O. The quantitative estimate of drug-likeness (QED) is 0.518. The maximum atomic E-state index is 12.6. The molecule has 1 amide bonds. The SMILES string of the molecule is CCCCCCCn1c(CN(C)C(=O)c2ccccn2)nc2ccccc21. The number of aromatic nitrogens is 3. The van der Waals surface area contributed by atoms with E-state index in [0.717, 1.165) is 29.8 Å². The van der Waals surface area contributed by atoms with Crippen molar-refractivity contribution in [1.29, 1.82) is 0 Å². The van der Waals surface area contributed by atoms with E-state index in [9.17, 15) is 4.79 Å². The van der Waals surface area contributed by atoms with Crippen molar-refractivity contribution in [3.63, 3.8) is 0 Å². The number of aryl methyl sites for hydroxylation is 1. The Morgan fingerprint density at radius 3 is 2.59 bits per heavy atom. The molecule has 5 heteroatoms. The molecule has 3 aromatic rings. The number of carbonyl (C=O) groups excluding carboxylic acids is 1. The fourth-order valence-electron chi connectivity index (χ4n) is 3.34. The number of imidazole rings is 1. The van der Waals surface area contributed by atoms with Crippen molar-refractivity contribution < 1.29 is 4.79 Å². The molecule has 2 aromatic heterocycles. The molecule has 0 saturated heterocycles. The fourth-order valence-corrected chi connectivity index (χ4v) is 3.34. The van der Waals surface area contributed by atoms with Gasteiger partial charge >= 0.3 is 0 Å². The molecule has 0 bridgehead atoms. The predicted molar refractivity (Wildman–Crippen MR) is 109 cm³/mol. The molecule has 0 N–H and O–H groups in total. The van der Waals surface area contributed by atoms with Gasteiger partial charge in [0.2, 0.25) is 0 Å². The van der Waals surface area contributed by atoms with Gasteiger partial charge in [0.05, 0.1) is 17.6 Å². The van der Waals surface area contributed by atoms with Crippen LogP contribution in [0.15, 0.2) is 48.7 Å². The number of unbranched alkanes of at least 4 members (excludes halogenated alkanes) is 4. The molecular weight excluding hydrogens is 336 g/mol. The van der Waals surface area contributed by atoms with Crippen molar-refractivity contribution >= 4 is 16.9 Å². The van der Waals surface area contributed by atoms with Crippen molar-refractivity contribution in [1.82, 2.24) is 19.4 Å². The van der Waals surface area contributed by atoms with Gasteiger partial charge in [-0.2, -0.15) is 0 Å². The highest BCUT2D eigenvalue weighted by molar-refractivity contribution is 5.92. The average Bonchev–Trinajstić information content (AvgIpc) is 3.05. The number of fused-ring (bicyclic) bond motifs is 1. The minimum Gasteiger partial charge on any atom is -0.333 e. The van der Waals surface area contributed by atoms with Gasteiger partial charge in [0.25, 0.3) is 5.91 Å². The van der Waals surface area contributed by atoms with Crippen molar-refractivity contribution in [2.45, 2.75) is 52.1 Å². The van der Waals surface area contributed by atoms with Gasteiger partial charge in [-0.15, -0.1) is 0 Å². The second-order valence-electron chi connectivity index (χ2n) is 6.96. The lowest BCUT2D eigenvalue weighted by molar-refractivity contribution is 0.0774. The summed E-state index contributed by atoms with van der Waals surface area (Å²) < 4.78 is 2.27. The summed E-state index contributed by atoms with van der Waals surface area (Å²) in [4.78, 5) is 23.3. The zero-order chi connectivity index (χ0) is 19.1. The highest BCUT2D eigenvalue weighted by Gasteiger charge is 2.17. The molecule has 0 radical (unpaired) electrons. The number of nitrogens with zero attached hydrogens (tertiary/aromatic N) is 4. The molecule has 0 saturated carbocycles. The zero-order valence-electron chi connectivity index (χ0n) is 16.3. The lowest BCUT2D eigenvalue weighted by atomic mass is 10.1. The van der Waals surface area contributed by atoms with E-state index < -0.39 is 0 Å². The topological polar surface area (TPSA) is 51.0 Å². The summed E-state index contributed by atoms with van der Waals surface area (Å²) in [7, 11) is 1.81. The Morgan fingerprint density at radius 1 is 1.04 bits per heavy atom. The number of benzene rings is 1. The number of pyridine rings is 1. The Hall–Kier alpha value is -2.69. The largest absolute Gasteiger partial charge is 0.333 e. The normalized spacial score (nSPS) is 11.0. The third kappa shape index (κ3) is 4.73. The van der Waals surface area contributed by atoms with E-state index in [1.54, 1.807) is 17.2 Å². The van der Waals surface area contributed by atoms with Crippen LogP contribution in [0.25, 0.3) is 11.0 Å². The summed E-state index contributed by atoms with van der Waals surface area (Å²) in [5.74, 6) is 0.843. The van der Waals surface area contributed by atoms with Gasteiger partial charge in [-0.05, 0) is 30.7 Å². The first kappa shape index (κ1) is 19.1. The maximum Gasteiger partial charge on any atom is 0.272 e. The first-order valence-electron chi connectivity index (χ1n) is 9.81. The number of amides is 1. The summed E-state index contributed by atoms with van der Waals surface area (Å²) in [5, 5.41) is 0. The van der Waals surface area contributed by atoms with Crippen molar-refractivity contribution in [2.75, 3.05) is 7.05 Å². The Labute approximate surface area is 161 Å². The van der Waals surface area contributed by atoms with Crippen LogP contribution < -0.4 is 0 Å². The number of hydrogen-bond acceptors (Lipinski definition) is 3. The Bertz CT molecular complexity index is 872. The third-order valence-electron chi connectivity index (χ3n) is 4.83. The molecule has 0 aliphatic heterocycles. The van der Waals surface area contributed by atoms with Gasteiger partial charge in [-0.1, -0.05) is 50.8 Å². The van der Waals surface area contributed by atoms with Crippen LogP contribution in [-0.2, 0) is 13.1 Å².